The van der Waals surface area contributed by atoms with Gasteiger partial charge < -0.3 is 8.99 Å². The molecule has 0 aliphatic rings. The third-order valence-corrected chi connectivity index (χ3v) is 10.7. The maximum absolute atomic E-state index is 6.76. The quantitative estimate of drug-likeness (QED) is 0.305. The maximum atomic E-state index is 6.76. The minimum atomic E-state index is -1.93. The first-order valence-electron chi connectivity index (χ1n) is 10.7. The standard InChI is InChI=1S/C27H31NOSi/c1-27(2,3)30(4,5)29-26-18-12-17-24-23(26)19-25(22-15-10-7-11-16-22)28(24)20-21-13-8-6-9-14-21/h6-19H,20H2,1-5H3. The van der Waals surface area contributed by atoms with Crippen LogP contribution in [-0.4, -0.2) is 12.9 Å². The van der Waals surface area contributed by atoms with Crippen molar-refractivity contribution < 1.29 is 4.43 Å². The van der Waals surface area contributed by atoms with Crippen molar-refractivity contribution in [3.63, 3.8) is 0 Å². The highest BCUT2D eigenvalue weighted by atomic mass is 28.4. The summed E-state index contributed by atoms with van der Waals surface area (Å²) in [7, 11) is -1.93. The van der Waals surface area contributed by atoms with E-state index in [1.165, 1.54) is 27.7 Å². The van der Waals surface area contributed by atoms with E-state index < -0.39 is 8.32 Å². The molecule has 0 aliphatic heterocycles. The highest BCUT2D eigenvalue weighted by Gasteiger charge is 2.39. The second-order valence-corrected chi connectivity index (χ2v) is 14.2. The van der Waals surface area contributed by atoms with Crippen LogP contribution in [0, 0.1) is 0 Å². The number of fused-ring (bicyclic) bond motifs is 1. The molecular formula is C27H31NOSi. The summed E-state index contributed by atoms with van der Waals surface area (Å²) in [6, 6.07) is 30.1. The Bertz CT molecular complexity index is 1140. The summed E-state index contributed by atoms with van der Waals surface area (Å²) >= 11 is 0. The van der Waals surface area contributed by atoms with Crippen LogP contribution in [0.4, 0.5) is 0 Å². The molecule has 0 bridgehead atoms. The molecule has 0 saturated carbocycles. The Kier molecular flexibility index (Phi) is 5.33. The Balaban J connectivity index is 1.88. The van der Waals surface area contributed by atoms with Crippen LogP contribution in [0.5, 0.6) is 5.75 Å². The Morgan fingerprint density at radius 3 is 2.07 bits per heavy atom. The number of benzene rings is 3. The molecule has 0 fully saturated rings. The fourth-order valence-electron chi connectivity index (χ4n) is 3.56. The van der Waals surface area contributed by atoms with Crippen molar-refractivity contribution >= 4 is 19.2 Å². The lowest BCUT2D eigenvalue weighted by Crippen LogP contribution is -2.43. The lowest BCUT2D eigenvalue weighted by molar-refractivity contribution is 0.496. The predicted molar refractivity (Wildman–Crippen MR) is 131 cm³/mol. The molecule has 2 nitrogen and oxygen atoms in total. The van der Waals surface area contributed by atoms with Gasteiger partial charge in [0.15, 0.2) is 0 Å². The maximum Gasteiger partial charge on any atom is 0.250 e. The average Bonchev–Trinajstić information content (AvgIpc) is 3.08. The zero-order valence-electron chi connectivity index (χ0n) is 18.6. The Labute approximate surface area is 181 Å². The Morgan fingerprint density at radius 2 is 1.43 bits per heavy atom. The molecular weight excluding hydrogens is 382 g/mol. The summed E-state index contributed by atoms with van der Waals surface area (Å²) in [4.78, 5) is 0. The average molecular weight is 414 g/mol. The van der Waals surface area contributed by atoms with Gasteiger partial charge in [0.2, 0.25) is 0 Å². The van der Waals surface area contributed by atoms with Crippen LogP contribution in [0.2, 0.25) is 18.1 Å². The van der Waals surface area contributed by atoms with Gasteiger partial charge in [-0.25, -0.2) is 0 Å². The van der Waals surface area contributed by atoms with Gasteiger partial charge in [-0.15, -0.1) is 0 Å². The first-order valence-corrected chi connectivity index (χ1v) is 13.6. The van der Waals surface area contributed by atoms with Gasteiger partial charge in [-0.05, 0) is 47.5 Å². The van der Waals surface area contributed by atoms with E-state index in [9.17, 15) is 0 Å². The van der Waals surface area contributed by atoms with Gasteiger partial charge in [-0.1, -0.05) is 87.5 Å². The Hall–Kier alpha value is -2.78. The zero-order chi connectivity index (χ0) is 21.4. The smallest absolute Gasteiger partial charge is 0.250 e. The van der Waals surface area contributed by atoms with Crippen LogP contribution in [0.1, 0.15) is 26.3 Å². The highest BCUT2D eigenvalue weighted by Crippen LogP contribution is 2.41. The number of rotatable bonds is 5. The van der Waals surface area contributed by atoms with Crippen molar-refractivity contribution in [3.8, 4) is 17.0 Å². The molecule has 0 saturated heterocycles. The van der Waals surface area contributed by atoms with Crippen LogP contribution >= 0.6 is 0 Å². The number of nitrogens with zero attached hydrogens (tertiary/aromatic N) is 1. The van der Waals surface area contributed by atoms with Gasteiger partial charge in [0.05, 0.1) is 5.52 Å². The Morgan fingerprint density at radius 1 is 0.800 bits per heavy atom. The molecule has 3 heteroatoms. The molecule has 4 rings (SSSR count). The van der Waals surface area contributed by atoms with E-state index in [4.69, 9.17) is 4.43 Å². The summed E-state index contributed by atoms with van der Waals surface area (Å²) in [6.07, 6.45) is 0. The summed E-state index contributed by atoms with van der Waals surface area (Å²) in [5.41, 5.74) is 4.96. The molecule has 3 aromatic carbocycles. The third kappa shape index (κ3) is 3.95. The third-order valence-electron chi connectivity index (χ3n) is 6.33. The van der Waals surface area contributed by atoms with Crippen molar-refractivity contribution in [1.82, 2.24) is 4.57 Å². The van der Waals surface area contributed by atoms with Gasteiger partial charge >= 0.3 is 0 Å². The van der Waals surface area contributed by atoms with Gasteiger partial charge in [-0.3, -0.25) is 0 Å². The molecule has 0 spiro atoms. The van der Waals surface area contributed by atoms with Crippen LogP contribution in [-0.2, 0) is 6.54 Å². The summed E-state index contributed by atoms with van der Waals surface area (Å²) in [6.45, 7) is 12.3. The van der Waals surface area contributed by atoms with Gasteiger partial charge in [0.25, 0.3) is 8.32 Å². The second kappa shape index (κ2) is 7.80. The fourth-order valence-corrected chi connectivity index (χ4v) is 4.59. The number of aromatic nitrogens is 1. The largest absolute Gasteiger partial charge is 0.543 e. The zero-order valence-corrected chi connectivity index (χ0v) is 19.6. The summed E-state index contributed by atoms with van der Waals surface area (Å²) in [5, 5.41) is 1.35. The molecule has 4 aromatic rings. The van der Waals surface area contributed by atoms with E-state index in [0.29, 0.717) is 0 Å². The van der Waals surface area contributed by atoms with Crippen molar-refractivity contribution in [2.24, 2.45) is 0 Å². The first-order chi connectivity index (χ1) is 14.3. The van der Waals surface area contributed by atoms with Gasteiger partial charge in [0.1, 0.15) is 5.75 Å². The fraction of sp³-hybridized carbons (Fsp3) is 0.259. The highest BCUT2D eigenvalue weighted by molar-refractivity contribution is 6.74. The number of hydrogen-bond donors (Lipinski definition) is 0. The predicted octanol–water partition coefficient (Wildman–Crippen LogP) is 7.74. The molecule has 154 valence electrons. The van der Waals surface area contributed by atoms with Crippen LogP contribution < -0.4 is 4.43 Å². The molecule has 30 heavy (non-hydrogen) atoms. The minimum absolute atomic E-state index is 0.157. The molecule has 0 N–H and O–H groups in total. The van der Waals surface area contributed by atoms with E-state index in [0.717, 1.165) is 12.3 Å². The van der Waals surface area contributed by atoms with Crippen LogP contribution in [0.15, 0.2) is 84.9 Å². The van der Waals surface area contributed by atoms with Crippen molar-refractivity contribution in [1.29, 1.82) is 0 Å². The van der Waals surface area contributed by atoms with E-state index in [-0.39, 0.29) is 5.04 Å². The van der Waals surface area contributed by atoms with E-state index in [1.807, 2.05) is 0 Å². The molecule has 0 atom stereocenters. The lowest BCUT2D eigenvalue weighted by atomic mass is 10.1. The second-order valence-electron chi connectivity index (χ2n) is 9.52. The molecule has 1 heterocycles. The lowest BCUT2D eigenvalue weighted by Gasteiger charge is -2.36. The summed E-state index contributed by atoms with van der Waals surface area (Å²) < 4.78 is 9.17. The first kappa shape index (κ1) is 20.5. The van der Waals surface area contributed by atoms with Gasteiger partial charge in [0, 0.05) is 17.6 Å². The van der Waals surface area contributed by atoms with Crippen molar-refractivity contribution in [2.75, 3.05) is 0 Å². The van der Waals surface area contributed by atoms with E-state index >= 15 is 0 Å². The van der Waals surface area contributed by atoms with Crippen LogP contribution in [0.3, 0.4) is 0 Å². The van der Waals surface area contributed by atoms with Crippen molar-refractivity contribution in [2.45, 2.75) is 45.4 Å². The minimum Gasteiger partial charge on any atom is -0.543 e. The number of hydrogen-bond acceptors (Lipinski definition) is 1. The molecule has 1 aromatic heterocycles. The molecule has 0 radical (unpaired) electrons. The molecule has 0 aliphatic carbocycles. The van der Waals surface area contributed by atoms with Crippen LogP contribution in [0.25, 0.3) is 22.2 Å². The van der Waals surface area contributed by atoms with Crippen molar-refractivity contribution in [3.05, 3.63) is 90.5 Å². The van der Waals surface area contributed by atoms with E-state index in [2.05, 4.69) is 123 Å². The monoisotopic (exact) mass is 413 g/mol. The molecule has 0 unspecified atom stereocenters. The molecule has 0 amide bonds. The van der Waals surface area contributed by atoms with E-state index in [1.54, 1.807) is 0 Å². The topological polar surface area (TPSA) is 14.2 Å². The SMILES string of the molecule is CC(C)(C)[Si](C)(C)Oc1cccc2c1cc(-c1ccccc1)n2Cc1ccccc1. The normalized spacial score (nSPS) is 12.3. The summed E-state index contributed by atoms with van der Waals surface area (Å²) in [5.74, 6) is 1.00. The van der Waals surface area contributed by atoms with Gasteiger partial charge in [-0.2, -0.15) is 0 Å².